The quantitative estimate of drug-likeness (QED) is 0.755. The Balaban J connectivity index is 2.14. The molecule has 0 bridgehead atoms. The highest BCUT2D eigenvalue weighted by molar-refractivity contribution is 5.88. The topological polar surface area (TPSA) is 15.6 Å². The molecule has 16 heavy (non-hydrogen) atoms. The van der Waals surface area contributed by atoms with E-state index < -0.39 is 0 Å². The molecule has 1 atom stereocenters. The van der Waals surface area contributed by atoms with E-state index in [4.69, 9.17) is 0 Å². The number of aryl methyl sites for hydroxylation is 1. The summed E-state index contributed by atoms with van der Waals surface area (Å²) in [6.07, 6.45) is 2.28. The Labute approximate surface area is 98.0 Å². The summed E-state index contributed by atoms with van der Waals surface area (Å²) in [5.74, 6) is 0.630. The zero-order valence-electron chi connectivity index (χ0n) is 10.4. The summed E-state index contributed by atoms with van der Waals surface area (Å²) < 4.78 is 0. The van der Waals surface area contributed by atoms with Crippen LogP contribution >= 0.6 is 0 Å². The standard InChI is InChI=1S/C14H20N2/c1-4-12-6-8-14(9-7-12)16-10-13(5-2)11(3)15-16/h6-9,13H,4-5,10H2,1-3H3. The zero-order valence-corrected chi connectivity index (χ0v) is 10.4. The predicted molar refractivity (Wildman–Crippen MR) is 70.1 cm³/mol. The van der Waals surface area contributed by atoms with Gasteiger partial charge < -0.3 is 0 Å². The lowest BCUT2D eigenvalue weighted by Gasteiger charge is -2.15. The molecule has 1 aromatic carbocycles. The van der Waals surface area contributed by atoms with Crippen molar-refractivity contribution in [3.63, 3.8) is 0 Å². The molecule has 2 rings (SSSR count). The number of hydrazone groups is 1. The maximum absolute atomic E-state index is 4.62. The minimum atomic E-state index is 0.630. The van der Waals surface area contributed by atoms with Crippen LogP contribution in [0.1, 0.15) is 32.8 Å². The highest BCUT2D eigenvalue weighted by Crippen LogP contribution is 2.24. The summed E-state index contributed by atoms with van der Waals surface area (Å²) in [6.45, 7) is 7.58. The van der Waals surface area contributed by atoms with Crippen LogP contribution in [0.2, 0.25) is 0 Å². The monoisotopic (exact) mass is 216 g/mol. The van der Waals surface area contributed by atoms with Gasteiger partial charge in [0.25, 0.3) is 0 Å². The van der Waals surface area contributed by atoms with E-state index in [1.54, 1.807) is 0 Å². The molecule has 0 fully saturated rings. The summed E-state index contributed by atoms with van der Waals surface area (Å²) in [5, 5.41) is 6.74. The van der Waals surface area contributed by atoms with Gasteiger partial charge in [0.05, 0.1) is 5.69 Å². The molecule has 0 saturated heterocycles. The minimum Gasteiger partial charge on any atom is -0.265 e. The van der Waals surface area contributed by atoms with Gasteiger partial charge in [0, 0.05) is 18.2 Å². The molecule has 1 aliphatic rings. The molecule has 0 spiro atoms. The van der Waals surface area contributed by atoms with E-state index in [1.165, 1.54) is 23.4 Å². The molecule has 0 saturated carbocycles. The molecule has 0 amide bonds. The number of nitrogens with zero attached hydrogens (tertiary/aromatic N) is 2. The Morgan fingerprint density at radius 1 is 1.25 bits per heavy atom. The van der Waals surface area contributed by atoms with Crippen LogP contribution in [0.25, 0.3) is 0 Å². The molecule has 1 heterocycles. The molecule has 0 aliphatic carbocycles. The summed E-state index contributed by atoms with van der Waals surface area (Å²) in [5.41, 5.74) is 3.87. The van der Waals surface area contributed by atoms with Gasteiger partial charge in [-0.15, -0.1) is 0 Å². The Morgan fingerprint density at radius 3 is 2.44 bits per heavy atom. The van der Waals surface area contributed by atoms with Gasteiger partial charge in [-0.2, -0.15) is 5.10 Å². The number of rotatable bonds is 3. The second-order valence-corrected chi connectivity index (χ2v) is 4.45. The van der Waals surface area contributed by atoms with Crippen molar-refractivity contribution >= 4 is 11.4 Å². The third-order valence-electron chi connectivity index (χ3n) is 3.40. The first-order chi connectivity index (χ1) is 7.74. The molecule has 0 radical (unpaired) electrons. The number of hydrogen-bond acceptors (Lipinski definition) is 2. The van der Waals surface area contributed by atoms with E-state index in [9.17, 15) is 0 Å². The smallest absolute Gasteiger partial charge is 0.0594 e. The summed E-state index contributed by atoms with van der Waals surface area (Å²) >= 11 is 0. The van der Waals surface area contributed by atoms with E-state index in [0.29, 0.717) is 5.92 Å². The summed E-state index contributed by atoms with van der Waals surface area (Å²) in [4.78, 5) is 0. The lowest BCUT2D eigenvalue weighted by Crippen LogP contribution is -2.17. The highest BCUT2D eigenvalue weighted by atomic mass is 15.5. The normalized spacial score (nSPS) is 20.1. The first kappa shape index (κ1) is 11.2. The Hall–Kier alpha value is -1.31. The lowest BCUT2D eigenvalue weighted by molar-refractivity contribution is 0.682. The fourth-order valence-corrected chi connectivity index (χ4v) is 2.15. The van der Waals surface area contributed by atoms with E-state index in [0.717, 1.165) is 13.0 Å². The molecule has 1 aromatic rings. The molecule has 2 heteroatoms. The van der Waals surface area contributed by atoms with Crippen molar-refractivity contribution in [3.05, 3.63) is 29.8 Å². The van der Waals surface area contributed by atoms with Crippen molar-refractivity contribution in [1.29, 1.82) is 0 Å². The van der Waals surface area contributed by atoms with Crippen molar-refractivity contribution in [3.8, 4) is 0 Å². The maximum atomic E-state index is 4.62. The fourth-order valence-electron chi connectivity index (χ4n) is 2.15. The van der Waals surface area contributed by atoms with Gasteiger partial charge in [-0.1, -0.05) is 26.0 Å². The van der Waals surface area contributed by atoms with Crippen LogP contribution in [0, 0.1) is 5.92 Å². The van der Waals surface area contributed by atoms with Gasteiger partial charge in [0.1, 0.15) is 0 Å². The van der Waals surface area contributed by atoms with Gasteiger partial charge in [0.15, 0.2) is 0 Å². The van der Waals surface area contributed by atoms with Crippen molar-refractivity contribution < 1.29 is 0 Å². The van der Waals surface area contributed by atoms with Crippen LogP contribution in [-0.4, -0.2) is 12.3 Å². The summed E-state index contributed by atoms with van der Waals surface area (Å²) in [7, 11) is 0. The van der Waals surface area contributed by atoms with Crippen LogP contribution in [-0.2, 0) is 6.42 Å². The number of hydrogen-bond donors (Lipinski definition) is 0. The first-order valence-electron chi connectivity index (χ1n) is 6.16. The van der Waals surface area contributed by atoms with Crippen LogP contribution < -0.4 is 5.01 Å². The Morgan fingerprint density at radius 2 is 1.94 bits per heavy atom. The second-order valence-electron chi connectivity index (χ2n) is 4.45. The van der Waals surface area contributed by atoms with Crippen molar-refractivity contribution in [1.82, 2.24) is 0 Å². The highest BCUT2D eigenvalue weighted by Gasteiger charge is 2.22. The summed E-state index contributed by atoms with van der Waals surface area (Å²) in [6, 6.07) is 8.74. The van der Waals surface area contributed by atoms with E-state index >= 15 is 0 Å². The molecule has 1 unspecified atom stereocenters. The Kier molecular flexibility index (Phi) is 3.28. The van der Waals surface area contributed by atoms with Gasteiger partial charge in [-0.25, -0.2) is 0 Å². The van der Waals surface area contributed by atoms with Crippen LogP contribution in [0.3, 0.4) is 0 Å². The molecule has 0 N–H and O–H groups in total. The largest absolute Gasteiger partial charge is 0.265 e. The number of anilines is 1. The molecule has 0 aromatic heterocycles. The average molecular weight is 216 g/mol. The Bertz CT molecular complexity index is 378. The fraction of sp³-hybridized carbons (Fsp3) is 0.500. The second kappa shape index (κ2) is 4.69. The van der Waals surface area contributed by atoms with Crippen LogP contribution in [0.15, 0.2) is 29.4 Å². The third-order valence-corrected chi connectivity index (χ3v) is 3.40. The van der Waals surface area contributed by atoms with Crippen LogP contribution in [0.5, 0.6) is 0 Å². The minimum absolute atomic E-state index is 0.630. The van der Waals surface area contributed by atoms with Crippen molar-refractivity contribution in [2.24, 2.45) is 11.0 Å². The van der Waals surface area contributed by atoms with Crippen LogP contribution in [0.4, 0.5) is 5.69 Å². The van der Waals surface area contributed by atoms with E-state index in [1.807, 2.05) is 0 Å². The molecule has 2 nitrogen and oxygen atoms in total. The first-order valence-corrected chi connectivity index (χ1v) is 6.16. The average Bonchev–Trinajstić information content (AvgIpc) is 2.71. The van der Waals surface area contributed by atoms with E-state index in [-0.39, 0.29) is 0 Å². The molecular formula is C14H20N2. The molecule has 86 valence electrons. The molecular weight excluding hydrogens is 196 g/mol. The lowest BCUT2D eigenvalue weighted by atomic mass is 10.0. The number of benzene rings is 1. The van der Waals surface area contributed by atoms with E-state index in [2.05, 4.69) is 55.1 Å². The van der Waals surface area contributed by atoms with Gasteiger partial charge >= 0.3 is 0 Å². The van der Waals surface area contributed by atoms with Gasteiger partial charge in [0.2, 0.25) is 0 Å². The van der Waals surface area contributed by atoms with Crippen molar-refractivity contribution in [2.75, 3.05) is 11.6 Å². The molecule has 1 aliphatic heterocycles. The zero-order chi connectivity index (χ0) is 11.5. The van der Waals surface area contributed by atoms with Crippen molar-refractivity contribution in [2.45, 2.75) is 33.6 Å². The third kappa shape index (κ3) is 2.11. The van der Waals surface area contributed by atoms with Gasteiger partial charge in [-0.05, 0) is 37.5 Å². The SMILES string of the molecule is CCc1ccc(N2CC(CC)C(C)=N2)cc1. The maximum Gasteiger partial charge on any atom is 0.0594 e. The van der Waals surface area contributed by atoms with Gasteiger partial charge in [-0.3, -0.25) is 5.01 Å². The predicted octanol–water partition coefficient (Wildman–Crippen LogP) is 3.47.